The van der Waals surface area contributed by atoms with Crippen LogP contribution in [0.1, 0.15) is 21.6 Å². The first-order valence-electron chi connectivity index (χ1n) is 6.31. The largest absolute Gasteiger partial charge is 0.435 e. The molecule has 0 fully saturated rings. The summed E-state index contributed by atoms with van der Waals surface area (Å²) in [6, 6.07) is 6.67. The molecule has 0 saturated heterocycles. The van der Waals surface area contributed by atoms with Gasteiger partial charge in [-0.2, -0.15) is 18.3 Å². The van der Waals surface area contributed by atoms with Crippen LogP contribution in [0.15, 0.2) is 30.5 Å². The molecule has 1 amide bonds. The van der Waals surface area contributed by atoms with E-state index in [-0.39, 0.29) is 0 Å². The summed E-state index contributed by atoms with van der Waals surface area (Å²) >= 11 is 0. The van der Waals surface area contributed by atoms with Crippen LogP contribution >= 0.6 is 0 Å². The monoisotopic (exact) mass is 313 g/mol. The number of rotatable bonds is 4. The molecule has 0 radical (unpaired) electrons. The van der Waals surface area contributed by atoms with Gasteiger partial charge in [0.05, 0.1) is 12.2 Å². The molecular weight excluding hydrogens is 299 g/mol. The van der Waals surface area contributed by atoms with Crippen molar-refractivity contribution in [2.45, 2.75) is 12.8 Å². The zero-order valence-corrected chi connectivity index (χ0v) is 11.9. The van der Waals surface area contributed by atoms with Gasteiger partial charge in [0, 0.05) is 26.0 Å². The van der Waals surface area contributed by atoms with Crippen LogP contribution in [0.4, 0.5) is 18.9 Å². The van der Waals surface area contributed by atoms with Crippen LogP contribution in [0.3, 0.4) is 0 Å². The Morgan fingerprint density at radius 3 is 2.77 bits per heavy atom. The number of anilines is 1. The number of amides is 1. The number of aryl methyl sites for hydroxylation is 1. The number of benzene rings is 1. The number of hydrogen-bond donors (Lipinski definition) is 1. The molecule has 5 nitrogen and oxygen atoms in total. The van der Waals surface area contributed by atoms with E-state index in [1.165, 1.54) is 14.2 Å². The molecule has 2 rings (SSSR count). The van der Waals surface area contributed by atoms with Crippen molar-refractivity contribution in [2.24, 2.45) is 7.05 Å². The van der Waals surface area contributed by atoms with E-state index in [0.29, 0.717) is 12.3 Å². The Hall–Kier alpha value is -2.35. The summed E-state index contributed by atoms with van der Waals surface area (Å²) in [6.07, 6.45) is -3.65. The van der Waals surface area contributed by atoms with Crippen LogP contribution in [-0.2, 0) is 24.6 Å². The van der Waals surface area contributed by atoms with E-state index in [9.17, 15) is 18.0 Å². The number of methoxy groups -OCH3 is 1. The van der Waals surface area contributed by atoms with Gasteiger partial charge in [0.15, 0.2) is 5.69 Å². The molecule has 1 aromatic heterocycles. The second-order valence-electron chi connectivity index (χ2n) is 4.65. The first kappa shape index (κ1) is 16.0. The predicted octanol–water partition coefficient (Wildman–Crippen LogP) is 2.84. The van der Waals surface area contributed by atoms with Gasteiger partial charge in [-0.25, -0.2) is 0 Å². The minimum atomic E-state index is -4.69. The summed E-state index contributed by atoms with van der Waals surface area (Å²) in [7, 11) is 2.85. The number of carbonyl (C=O) groups is 1. The van der Waals surface area contributed by atoms with Gasteiger partial charge in [0.2, 0.25) is 0 Å². The van der Waals surface area contributed by atoms with Gasteiger partial charge in [0.1, 0.15) is 0 Å². The average Bonchev–Trinajstić information content (AvgIpc) is 2.82. The van der Waals surface area contributed by atoms with Crippen LogP contribution in [0.5, 0.6) is 0 Å². The van der Waals surface area contributed by atoms with Crippen molar-refractivity contribution >= 4 is 11.6 Å². The van der Waals surface area contributed by atoms with Crippen molar-refractivity contribution in [3.05, 3.63) is 47.3 Å². The third-order valence-electron chi connectivity index (χ3n) is 2.84. The van der Waals surface area contributed by atoms with E-state index in [2.05, 4.69) is 10.4 Å². The fourth-order valence-corrected chi connectivity index (χ4v) is 1.97. The molecule has 1 aromatic carbocycles. The molecule has 8 heteroatoms. The SMILES string of the molecule is COCc1cccc(NC(=O)c2cn(C)nc2C(F)(F)F)c1. The van der Waals surface area contributed by atoms with Crippen molar-refractivity contribution in [1.82, 2.24) is 9.78 Å². The van der Waals surface area contributed by atoms with Crippen molar-refractivity contribution in [3.8, 4) is 0 Å². The Morgan fingerprint density at radius 2 is 2.14 bits per heavy atom. The van der Waals surface area contributed by atoms with Crippen LogP contribution in [0.2, 0.25) is 0 Å². The first-order valence-corrected chi connectivity index (χ1v) is 6.31. The number of ether oxygens (including phenoxy) is 1. The highest BCUT2D eigenvalue weighted by atomic mass is 19.4. The Labute approximate surface area is 124 Å². The van der Waals surface area contributed by atoms with Crippen LogP contribution in [-0.4, -0.2) is 22.8 Å². The van der Waals surface area contributed by atoms with E-state index in [0.717, 1.165) is 16.4 Å². The van der Waals surface area contributed by atoms with Gasteiger partial charge in [-0.15, -0.1) is 0 Å². The quantitative estimate of drug-likeness (QED) is 0.944. The lowest BCUT2D eigenvalue weighted by molar-refractivity contribution is -0.141. The maximum atomic E-state index is 12.9. The number of halogens is 3. The number of carbonyl (C=O) groups excluding carboxylic acids is 1. The highest BCUT2D eigenvalue weighted by molar-refractivity contribution is 6.05. The molecule has 0 spiro atoms. The Balaban J connectivity index is 2.25. The molecule has 118 valence electrons. The maximum absolute atomic E-state index is 12.9. The normalized spacial score (nSPS) is 11.5. The fraction of sp³-hybridized carbons (Fsp3) is 0.286. The first-order chi connectivity index (χ1) is 10.3. The number of nitrogens with zero attached hydrogens (tertiary/aromatic N) is 2. The van der Waals surface area contributed by atoms with E-state index in [1.807, 2.05) is 0 Å². The molecule has 0 aliphatic heterocycles. The highest BCUT2D eigenvalue weighted by Crippen LogP contribution is 2.30. The van der Waals surface area contributed by atoms with E-state index in [4.69, 9.17) is 4.74 Å². The Bertz CT molecular complexity index is 680. The summed E-state index contributed by atoms with van der Waals surface area (Å²) in [4.78, 5) is 12.1. The van der Waals surface area contributed by atoms with Crippen molar-refractivity contribution in [2.75, 3.05) is 12.4 Å². The molecule has 1 N–H and O–H groups in total. The highest BCUT2D eigenvalue weighted by Gasteiger charge is 2.38. The number of alkyl halides is 3. The van der Waals surface area contributed by atoms with Crippen LogP contribution in [0.25, 0.3) is 0 Å². The molecule has 2 aromatic rings. The summed E-state index contributed by atoms with van der Waals surface area (Å²) in [5.74, 6) is -0.866. The number of aromatic nitrogens is 2. The standard InChI is InChI=1S/C14H14F3N3O2/c1-20-7-11(12(19-20)14(15,16)17)13(21)18-10-5-3-4-9(6-10)8-22-2/h3-7H,8H2,1-2H3,(H,18,21). The minimum Gasteiger partial charge on any atom is -0.380 e. The molecule has 1 heterocycles. The number of hydrogen-bond acceptors (Lipinski definition) is 3. The van der Waals surface area contributed by atoms with Crippen molar-refractivity contribution < 1.29 is 22.7 Å². The minimum absolute atomic E-state index is 0.338. The molecule has 22 heavy (non-hydrogen) atoms. The Morgan fingerprint density at radius 1 is 1.41 bits per heavy atom. The van der Waals surface area contributed by atoms with E-state index in [1.54, 1.807) is 24.3 Å². The lowest BCUT2D eigenvalue weighted by Gasteiger charge is -2.08. The molecule has 0 atom stereocenters. The van der Waals surface area contributed by atoms with Crippen molar-refractivity contribution in [3.63, 3.8) is 0 Å². The van der Waals surface area contributed by atoms with E-state index >= 15 is 0 Å². The molecule has 0 aliphatic carbocycles. The lowest BCUT2D eigenvalue weighted by Crippen LogP contribution is -2.17. The van der Waals surface area contributed by atoms with Gasteiger partial charge in [-0.05, 0) is 17.7 Å². The number of nitrogens with one attached hydrogen (secondary N) is 1. The van der Waals surface area contributed by atoms with Gasteiger partial charge in [-0.1, -0.05) is 12.1 Å². The summed E-state index contributed by atoms with van der Waals surface area (Å²) in [5.41, 5.74) is -0.549. The summed E-state index contributed by atoms with van der Waals surface area (Å²) in [6.45, 7) is 0.338. The zero-order chi connectivity index (χ0) is 16.3. The molecule has 0 bridgehead atoms. The molecule has 0 saturated carbocycles. The third kappa shape index (κ3) is 3.64. The van der Waals surface area contributed by atoms with Gasteiger partial charge in [-0.3, -0.25) is 9.48 Å². The summed E-state index contributed by atoms with van der Waals surface area (Å²) in [5, 5.41) is 5.74. The molecule has 0 unspecified atom stereocenters. The van der Waals surface area contributed by atoms with Crippen LogP contribution in [0, 0.1) is 0 Å². The van der Waals surface area contributed by atoms with Gasteiger partial charge in [0.25, 0.3) is 5.91 Å². The van der Waals surface area contributed by atoms with Gasteiger partial charge < -0.3 is 10.1 Å². The molecule has 0 aliphatic rings. The molecular formula is C14H14F3N3O2. The predicted molar refractivity (Wildman–Crippen MR) is 73.3 cm³/mol. The van der Waals surface area contributed by atoms with Gasteiger partial charge >= 0.3 is 6.18 Å². The second kappa shape index (κ2) is 6.18. The summed E-state index contributed by atoms with van der Waals surface area (Å²) < 4.78 is 44.5. The average molecular weight is 313 g/mol. The van der Waals surface area contributed by atoms with Crippen molar-refractivity contribution in [1.29, 1.82) is 0 Å². The fourth-order valence-electron chi connectivity index (χ4n) is 1.97. The lowest BCUT2D eigenvalue weighted by atomic mass is 10.2. The Kier molecular flexibility index (Phi) is 4.51. The smallest absolute Gasteiger partial charge is 0.380 e. The van der Waals surface area contributed by atoms with Crippen LogP contribution < -0.4 is 5.32 Å². The maximum Gasteiger partial charge on any atom is 0.435 e. The second-order valence-corrected chi connectivity index (χ2v) is 4.65. The third-order valence-corrected chi connectivity index (χ3v) is 2.84. The zero-order valence-electron chi connectivity index (χ0n) is 11.9. The topological polar surface area (TPSA) is 56.1 Å². The van der Waals surface area contributed by atoms with E-state index < -0.39 is 23.3 Å².